The molecule has 0 saturated heterocycles. The Morgan fingerprint density at radius 2 is 1.57 bits per heavy atom. The van der Waals surface area contributed by atoms with Gasteiger partial charge < -0.3 is 24.8 Å². The minimum Gasteiger partial charge on any atom is -0.495 e. The summed E-state index contributed by atoms with van der Waals surface area (Å²) >= 11 is 9.28. The molecule has 1 aromatic heterocycles. The predicted octanol–water partition coefficient (Wildman–Crippen LogP) is 6.82. The van der Waals surface area contributed by atoms with Crippen molar-refractivity contribution < 1.29 is 23.8 Å². The highest BCUT2D eigenvalue weighted by atomic mass is 79.9. The Morgan fingerprint density at radius 1 is 0.881 bits per heavy atom. The maximum atomic E-state index is 14.0. The van der Waals surface area contributed by atoms with E-state index in [4.69, 9.17) is 31.4 Å². The monoisotopic (exact) mass is 646 g/mol. The number of carbonyl (C=O) groups is 2. The number of pyridine rings is 1. The Kier molecular flexibility index (Phi) is 8.41. The molecule has 0 spiro atoms. The van der Waals surface area contributed by atoms with Crippen molar-refractivity contribution in [1.82, 2.24) is 9.88 Å². The van der Waals surface area contributed by atoms with Crippen LogP contribution in [0.5, 0.6) is 17.2 Å². The van der Waals surface area contributed by atoms with Gasteiger partial charge in [0.2, 0.25) is 0 Å². The zero-order valence-corrected chi connectivity index (χ0v) is 25.7. The molecular formula is C31H27BrN4O5S. The van der Waals surface area contributed by atoms with Gasteiger partial charge in [0, 0.05) is 21.3 Å². The number of benzene rings is 3. The first kappa shape index (κ1) is 29.0. The lowest BCUT2D eigenvalue weighted by Crippen LogP contribution is -2.34. The van der Waals surface area contributed by atoms with E-state index in [0.717, 1.165) is 4.47 Å². The van der Waals surface area contributed by atoms with Crippen LogP contribution in [0.2, 0.25) is 0 Å². The number of nitrogens with zero attached hydrogens (tertiary/aromatic N) is 2. The third-order valence-corrected chi connectivity index (χ3v) is 7.77. The number of aryl methyl sites for hydroxylation is 1. The number of amides is 3. The highest BCUT2D eigenvalue weighted by Crippen LogP contribution is 2.40. The number of hydrogen-bond acceptors (Lipinski definition) is 7. The molecule has 0 saturated carbocycles. The lowest BCUT2D eigenvalue weighted by atomic mass is 9.92. The van der Waals surface area contributed by atoms with E-state index >= 15 is 0 Å². The largest absolute Gasteiger partial charge is 0.495 e. The summed E-state index contributed by atoms with van der Waals surface area (Å²) in [5.74, 6) is 1.11. The minimum absolute atomic E-state index is 0.145. The van der Waals surface area contributed by atoms with Gasteiger partial charge in [0.25, 0.3) is 5.91 Å². The fraction of sp³-hybridized carbons (Fsp3) is 0.161. The molecule has 214 valence electrons. The first-order valence-corrected chi connectivity index (χ1v) is 14.0. The van der Waals surface area contributed by atoms with Crippen LogP contribution >= 0.6 is 28.1 Å². The van der Waals surface area contributed by atoms with Crippen molar-refractivity contribution >= 4 is 56.4 Å². The third-order valence-electron chi connectivity index (χ3n) is 6.82. The SMILES string of the molecule is COc1ccccc1NC(=O)c1c(C)nc2c(c1-c1ccc(OC)c(OC)c1)C(=S)N(C(=O)Nc1ccc(Br)cc1)C2. The topological polar surface area (TPSA) is 102 Å². The Labute approximate surface area is 256 Å². The number of ether oxygens (including phenoxy) is 3. The summed E-state index contributed by atoms with van der Waals surface area (Å²) < 4.78 is 17.3. The second-order valence-electron chi connectivity index (χ2n) is 9.32. The molecule has 0 bridgehead atoms. The Bertz CT molecular complexity index is 1710. The fourth-order valence-electron chi connectivity index (χ4n) is 4.84. The van der Waals surface area contributed by atoms with Crippen LogP contribution in [0.15, 0.2) is 71.2 Å². The number of para-hydroxylation sites is 2. The lowest BCUT2D eigenvalue weighted by Gasteiger charge is -2.19. The summed E-state index contributed by atoms with van der Waals surface area (Å²) in [5, 5.41) is 5.84. The van der Waals surface area contributed by atoms with Gasteiger partial charge >= 0.3 is 6.03 Å². The molecule has 0 aliphatic carbocycles. The molecule has 0 radical (unpaired) electrons. The Morgan fingerprint density at radius 3 is 2.26 bits per heavy atom. The van der Waals surface area contributed by atoms with E-state index < -0.39 is 11.9 Å². The number of methoxy groups -OCH3 is 3. The number of thiocarbonyl (C=S) groups is 1. The van der Waals surface area contributed by atoms with Crippen LogP contribution in [0.25, 0.3) is 11.1 Å². The molecule has 0 unspecified atom stereocenters. The number of carbonyl (C=O) groups excluding carboxylic acids is 2. The van der Waals surface area contributed by atoms with Crippen molar-refractivity contribution in [2.75, 3.05) is 32.0 Å². The fourth-order valence-corrected chi connectivity index (χ4v) is 5.48. The molecule has 2 N–H and O–H groups in total. The lowest BCUT2D eigenvalue weighted by molar-refractivity contribution is 0.102. The first-order valence-electron chi connectivity index (χ1n) is 12.8. The van der Waals surface area contributed by atoms with Gasteiger partial charge in [0.05, 0.1) is 50.5 Å². The molecule has 0 fully saturated rings. The number of aromatic nitrogens is 1. The van der Waals surface area contributed by atoms with E-state index in [9.17, 15) is 9.59 Å². The van der Waals surface area contributed by atoms with Crippen molar-refractivity contribution in [3.63, 3.8) is 0 Å². The number of fused-ring (bicyclic) bond motifs is 1. The average molecular weight is 648 g/mol. The van der Waals surface area contributed by atoms with Crippen molar-refractivity contribution in [1.29, 1.82) is 0 Å². The summed E-state index contributed by atoms with van der Waals surface area (Å²) in [6.07, 6.45) is 0. The maximum absolute atomic E-state index is 14.0. The number of rotatable bonds is 7. The van der Waals surface area contributed by atoms with Gasteiger partial charge in [-0.2, -0.15) is 0 Å². The highest BCUT2D eigenvalue weighted by molar-refractivity contribution is 9.10. The molecule has 1 aliphatic heterocycles. The first-order chi connectivity index (χ1) is 20.2. The molecule has 4 aromatic rings. The van der Waals surface area contributed by atoms with Crippen LogP contribution in [-0.2, 0) is 6.54 Å². The summed E-state index contributed by atoms with van der Waals surface area (Å²) in [7, 11) is 4.63. The molecular weight excluding hydrogens is 620 g/mol. The summed E-state index contributed by atoms with van der Waals surface area (Å²) in [6, 6.07) is 19.3. The molecule has 3 aromatic carbocycles. The van der Waals surface area contributed by atoms with Crippen LogP contribution in [-0.4, -0.2) is 48.1 Å². The summed E-state index contributed by atoms with van der Waals surface area (Å²) in [6.45, 7) is 1.90. The van der Waals surface area contributed by atoms with Crippen molar-refractivity contribution in [2.45, 2.75) is 13.5 Å². The average Bonchev–Trinajstić information content (AvgIpc) is 3.32. The normalized spacial score (nSPS) is 12.0. The third kappa shape index (κ3) is 5.53. The number of halogens is 1. The zero-order valence-electron chi connectivity index (χ0n) is 23.3. The van der Waals surface area contributed by atoms with Gasteiger partial charge in [-0.1, -0.05) is 46.3 Å². The van der Waals surface area contributed by atoms with Crippen LogP contribution in [0.1, 0.15) is 27.3 Å². The standard InChI is InChI=1S/C31H27BrN4O5S/c1-17-26(29(37)35-21-7-5-6-8-23(21)39-2)27(18-9-14-24(40-3)25(15-18)41-4)28-22(33-17)16-36(30(28)42)31(38)34-20-12-10-19(32)11-13-20/h5-15H,16H2,1-4H3,(H,34,38)(H,35,37). The predicted molar refractivity (Wildman–Crippen MR) is 169 cm³/mol. The molecule has 9 nitrogen and oxygen atoms in total. The van der Waals surface area contributed by atoms with Crippen molar-refractivity contribution in [3.05, 3.63) is 93.7 Å². The quantitative estimate of drug-likeness (QED) is 0.212. The van der Waals surface area contributed by atoms with Crippen molar-refractivity contribution in [3.8, 4) is 28.4 Å². The van der Waals surface area contributed by atoms with E-state index in [0.29, 0.717) is 62.3 Å². The molecule has 5 rings (SSSR count). The Balaban J connectivity index is 1.62. The maximum Gasteiger partial charge on any atom is 0.327 e. The van der Waals surface area contributed by atoms with E-state index in [1.54, 1.807) is 56.5 Å². The molecule has 0 atom stereocenters. The van der Waals surface area contributed by atoms with Crippen molar-refractivity contribution in [2.24, 2.45) is 0 Å². The van der Waals surface area contributed by atoms with Crippen LogP contribution < -0.4 is 24.8 Å². The second-order valence-corrected chi connectivity index (χ2v) is 10.6. The van der Waals surface area contributed by atoms with E-state index in [-0.39, 0.29) is 11.5 Å². The summed E-state index contributed by atoms with van der Waals surface area (Å²) in [4.78, 5) is 33.8. The molecule has 42 heavy (non-hydrogen) atoms. The van der Waals surface area contributed by atoms with Gasteiger partial charge in [0.1, 0.15) is 10.7 Å². The van der Waals surface area contributed by atoms with Gasteiger partial charge in [-0.15, -0.1) is 0 Å². The number of hydrogen-bond donors (Lipinski definition) is 2. The van der Waals surface area contributed by atoms with Crippen LogP contribution in [0, 0.1) is 6.92 Å². The second kappa shape index (κ2) is 12.2. The number of nitrogens with one attached hydrogen (secondary N) is 2. The molecule has 2 heterocycles. The zero-order chi connectivity index (χ0) is 30.0. The van der Waals surface area contributed by atoms with Gasteiger partial charge in [-0.25, -0.2) is 4.79 Å². The molecule has 1 aliphatic rings. The van der Waals surface area contributed by atoms with E-state index in [1.165, 1.54) is 19.1 Å². The highest BCUT2D eigenvalue weighted by Gasteiger charge is 2.36. The van der Waals surface area contributed by atoms with Crippen LogP contribution in [0.3, 0.4) is 0 Å². The van der Waals surface area contributed by atoms with Gasteiger partial charge in [0.15, 0.2) is 11.5 Å². The Hall–Kier alpha value is -4.48. The van der Waals surface area contributed by atoms with Gasteiger partial charge in [-0.3, -0.25) is 14.7 Å². The smallest absolute Gasteiger partial charge is 0.327 e. The number of anilines is 2. The summed E-state index contributed by atoms with van der Waals surface area (Å²) in [5.41, 5.74) is 4.20. The van der Waals surface area contributed by atoms with E-state index in [2.05, 4.69) is 26.6 Å². The van der Waals surface area contributed by atoms with Crippen LogP contribution in [0.4, 0.5) is 16.2 Å². The molecule has 11 heteroatoms. The number of urea groups is 1. The minimum atomic E-state index is -0.406. The van der Waals surface area contributed by atoms with Gasteiger partial charge in [-0.05, 0) is 61.0 Å². The molecule has 3 amide bonds. The van der Waals surface area contributed by atoms with E-state index in [1.807, 2.05) is 24.3 Å².